The van der Waals surface area contributed by atoms with Gasteiger partial charge in [-0.05, 0) is 24.6 Å². The molecule has 1 N–H and O–H groups in total. The lowest BCUT2D eigenvalue weighted by atomic mass is 10.2. The number of carbonyl (C=O) groups is 2. The van der Waals surface area contributed by atoms with Crippen molar-refractivity contribution in [2.45, 2.75) is 6.92 Å². The third kappa shape index (κ3) is 3.53. The highest BCUT2D eigenvalue weighted by molar-refractivity contribution is 5.90. The molecule has 0 amide bonds. The van der Waals surface area contributed by atoms with Crippen molar-refractivity contribution in [2.24, 2.45) is 0 Å². The van der Waals surface area contributed by atoms with Crippen molar-refractivity contribution in [3.63, 3.8) is 0 Å². The number of pyridine rings is 1. The van der Waals surface area contributed by atoms with Gasteiger partial charge in [-0.25, -0.2) is 9.59 Å². The molecule has 0 saturated carbocycles. The number of carbonyl (C=O) groups excluding carboxylic acids is 1. The number of rotatable bonds is 4. The van der Waals surface area contributed by atoms with Gasteiger partial charge in [-0.1, -0.05) is 0 Å². The third-order valence-corrected chi connectivity index (χ3v) is 1.69. The van der Waals surface area contributed by atoms with E-state index in [9.17, 15) is 9.59 Å². The summed E-state index contributed by atoms with van der Waals surface area (Å²) in [6.07, 6.45) is 5.17. The Balaban J connectivity index is 2.86. The predicted octanol–water partition coefficient (Wildman–Crippen LogP) is 1.36. The Labute approximate surface area is 92.4 Å². The molecule has 0 fully saturated rings. The maximum Gasteiger partial charge on any atom is 0.339 e. The fourth-order valence-electron chi connectivity index (χ4n) is 1.04. The van der Waals surface area contributed by atoms with Crippen molar-refractivity contribution in [1.29, 1.82) is 0 Å². The van der Waals surface area contributed by atoms with E-state index in [2.05, 4.69) is 4.98 Å². The van der Waals surface area contributed by atoms with Crippen LogP contribution in [0.15, 0.2) is 24.5 Å². The predicted molar refractivity (Wildman–Crippen MR) is 56.9 cm³/mol. The number of ether oxygens (including phenoxy) is 1. The van der Waals surface area contributed by atoms with Gasteiger partial charge < -0.3 is 9.84 Å². The van der Waals surface area contributed by atoms with E-state index in [1.54, 1.807) is 6.92 Å². The maximum atomic E-state index is 11.3. The number of hydrogen-bond donors (Lipinski definition) is 1. The summed E-state index contributed by atoms with van der Waals surface area (Å²) in [6, 6.07) is 1.52. The second-order valence-corrected chi connectivity index (χ2v) is 2.90. The fraction of sp³-hybridized carbons (Fsp3) is 0.182. The standard InChI is InChI=1S/C11H11NO4/c1-2-16-11(15)9-5-8(6-12-7-9)3-4-10(13)14/h3-7H,2H2,1H3,(H,13,14). The molecule has 1 aromatic heterocycles. The van der Waals surface area contributed by atoms with Crippen LogP contribution in [-0.4, -0.2) is 28.6 Å². The maximum absolute atomic E-state index is 11.3. The van der Waals surface area contributed by atoms with Gasteiger partial charge in [0.2, 0.25) is 0 Å². The Kier molecular flexibility index (Phi) is 4.20. The minimum Gasteiger partial charge on any atom is -0.478 e. The molecule has 16 heavy (non-hydrogen) atoms. The minimum atomic E-state index is -1.05. The largest absolute Gasteiger partial charge is 0.478 e. The lowest BCUT2D eigenvalue weighted by molar-refractivity contribution is -0.131. The molecule has 0 unspecified atom stereocenters. The van der Waals surface area contributed by atoms with Gasteiger partial charge in [0.25, 0.3) is 0 Å². The van der Waals surface area contributed by atoms with Crippen LogP contribution in [0, 0.1) is 0 Å². The van der Waals surface area contributed by atoms with Crippen LogP contribution >= 0.6 is 0 Å². The van der Waals surface area contributed by atoms with Crippen molar-refractivity contribution in [3.05, 3.63) is 35.7 Å². The van der Waals surface area contributed by atoms with Crippen molar-refractivity contribution in [1.82, 2.24) is 4.98 Å². The Bertz CT molecular complexity index is 426. The monoisotopic (exact) mass is 221 g/mol. The Morgan fingerprint density at radius 1 is 1.50 bits per heavy atom. The molecule has 0 spiro atoms. The molecular weight excluding hydrogens is 210 g/mol. The van der Waals surface area contributed by atoms with Gasteiger partial charge in [0.15, 0.2) is 0 Å². The molecule has 84 valence electrons. The van der Waals surface area contributed by atoms with Gasteiger partial charge in [-0.2, -0.15) is 0 Å². The number of carboxylic acid groups (broad SMARTS) is 1. The van der Waals surface area contributed by atoms with Crippen LogP contribution in [0.1, 0.15) is 22.8 Å². The lowest BCUT2D eigenvalue weighted by Gasteiger charge is -2.01. The van der Waals surface area contributed by atoms with Crippen LogP contribution in [0.2, 0.25) is 0 Å². The first-order valence-corrected chi connectivity index (χ1v) is 4.66. The summed E-state index contributed by atoms with van der Waals surface area (Å²) in [6.45, 7) is 1.99. The number of carboxylic acids is 1. The Morgan fingerprint density at radius 3 is 2.88 bits per heavy atom. The third-order valence-electron chi connectivity index (χ3n) is 1.69. The number of aliphatic carboxylic acids is 1. The van der Waals surface area contributed by atoms with Crippen LogP contribution in [0.5, 0.6) is 0 Å². The summed E-state index contributed by atoms with van der Waals surface area (Å²) >= 11 is 0. The van der Waals surface area contributed by atoms with Gasteiger partial charge >= 0.3 is 11.9 Å². The van der Waals surface area contributed by atoms with Crippen molar-refractivity contribution in [2.75, 3.05) is 6.61 Å². The first kappa shape index (κ1) is 11.9. The quantitative estimate of drug-likeness (QED) is 0.613. The summed E-state index contributed by atoms with van der Waals surface area (Å²) in [5, 5.41) is 8.44. The highest BCUT2D eigenvalue weighted by Crippen LogP contribution is 2.06. The van der Waals surface area contributed by atoms with Crippen LogP contribution in [0.25, 0.3) is 6.08 Å². The molecule has 0 atom stereocenters. The van der Waals surface area contributed by atoms with E-state index in [1.807, 2.05) is 0 Å². The second-order valence-electron chi connectivity index (χ2n) is 2.90. The number of aromatic nitrogens is 1. The van der Waals surface area contributed by atoms with E-state index in [4.69, 9.17) is 9.84 Å². The molecule has 0 saturated heterocycles. The molecular formula is C11H11NO4. The zero-order valence-corrected chi connectivity index (χ0v) is 8.71. The van der Waals surface area contributed by atoms with Crippen molar-refractivity contribution >= 4 is 18.0 Å². The van der Waals surface area contributed by atoms with Crippen LogP contribution in [-0.2, 0) is 9.53 Å². The molecule has 1 rings (SSSR count). The van der Waals surface area contributed by atoms with Crippen LogP contribution < -0.4 is 0 Å². The second kappa shape index (κ2) is 5.65. The molecule has 0 aliphatic rings. The average molecular weight is 221 g/mol. The first-order chi connectivity index (χ1) is 7.63. The van der Waals surface area contributed by atoms with Gasteiger partial charge in [-0.3, -0.25) is 4.98 Å². The molecule has 0 aromatic carbocycles. The molecule has 5 heteroatoms. The van der Waals surface area contributed by atoms with Gasteiger partial charge in [0, 0.05) is 18.5 Å². The molecule has 0 aliphatic carbocycles. The highest BCUT2D eigenvalue weighted by atomic mass is 16.5. The lowest BCUT2D eigenvalue weighted by Crippen LogP contribution is -2.05. The van der Waals surface area contributed by atoms with Crippen LogP contribution in [0.4, 0.5) is 0 Å². The molecule has 1 heterocycles. The zero-order chi connectivity index (χ0) is 12.0. The van der Waals surface area contributed by atoms with Crippen molar-refractivity contribution < 1.29 is 19.4 Å². The summed E-state index contributed by atoms with van der Waals surface area (Å²) in [7, 11) is 0. The van der Waals surface area contributed by atoms with Gasteiger partial charge in [0.1, 0.15) is 0 Å². The molecule has 0 bridgehead atoms. The first-order valence-electron chi connectivity index (χ1n) is 4.66. The SMILES string of the molecule is CCOC(=O)c1cncc(C=CC(=O)O)c1. The Morgan fingerprint density at radius 2 is 2.25 bits per heavy atom. The van der Waals surface area contributed by atoms with E-state index < -0.39 is 11.9 Å². The van der Waals surface area contributed by atoms with E-state index in [0.717, 1.165) is 6.08 Å². The molecule has 0 radical (unpaired) electrons. The summed E-state index contributed by atoms with van der Waals surface area (Å²) < 4.78 is 4.79. The summed E-state index contributed by atoms with van der Waals surface area (Å²) in [5.41, 5.74) is 0.836. The number of hydrogen-bond acceptors (Lipinski definition) is 4. The van der Waals surface area contributed by atoms with Crippen molar-refractivity contribution in [3.8, 4) is 0 Å². The molecule has 5 nitrogen and oxygen atoms in total. The molecule has 0 aliphatic heterocycles. The smallest absolute Gasteiger partial charge is 0.339 e. The van der Waals surface area contributed by atoms with E-state index >= 15 is 0 Å². The fourth-order valence-corrected chi connectivity index (χ4v) is 1.04. The zero-order valence-electron chi connectivity index (χ0n) is 8.71. The number of nitrogens with zero attached hydrogens (tertiary/aromatic N) is 1. The summed E-state index contributed by atoms with van der Waals surface area (Å²) in [4.78, 5) is 25.4. The summed E-state index contributed by atoms with van der Waals surface area (Å²) in [5.74, 6) is -1.53. The normalized spacial score (nSPS) is 10.3. The average Bonchev–Trinajstić information content (AvgIpc) is 2.27. The van der Waals surface area contributed by atoms with Gasteiger partial charge in [-0.15, -0.1) is 0 Å². The van der Waals surface area contributed by atoms with E-state index in [1.165, 1.54) is 24.5 Å². The van der Waals surface area contributed by atoms with E-state index in [-0.39, 0.29) is 6.61 Å². The highest BCUT2D eigenvalue weighted by Gasteiger charge is 2.06. The van der Waals surface area contributed by atoms with E-state index in [0.29, 0.717) is 11.1 Å². The Hall–Kier alpha value is -2.17. The minimum absolute atomic E-state index is 0.286. The van der Waals surface area contributed by atoms with Gasteiger partial charge in [0.05, 0.1) is 12.2 Å². The van der Waals surface area contributed by atoms with Crippen LogP contribution in [0.3, 0.4) is 0 Å². The number of esters is 1. The topological polar surface area (TPSA) is 76.5 Å². The molecule has 1 aromatic rings.